The number of carbonyl (C=O) groups is 1. The van der Waals surface area contributed by atoms with Gasteiger partial charge in [-0.1, -0.05) is 26.0 Å². The predicted molar refractivity (Wildman–Crippen MR) is 99.4 cm³/mol. The predicted octanol–water partition coefficient (Wildman–Crippen LogP) is 3.55. The van der Waals surface area contributed by atoms with E-state index in [1.54, 1.807) is 50.2 Å². The quantitative estimate of drug-likeness (QED) is 0.561. The Bertz CT molecular complexity index is 1010. The van der Waals surface area contributed by atoms with Gasteiger partial charge in [-0.15, -0.1) is 0 Å². The standard InChI is InChI=1S/C20H20N2O4/c1-4-25-17-11-13(9-10-16(17)26-20(24)12(2)3)18-21-15-8-6-5-7-14(15)19(23)22-18/h5-12H,4H2,1-3H3,(H,21,22,23). The van der Waals surface area contributed by atoms with E-state index in [1.165, 1.54) is 0 Å². The van der Waals surface area contributed by atoms with Gasteiger partial charge in [-0.3, -0.25) is 9.59 Å². The average molecular weight is 352 g/mol. The van der Waals surface area contributed by atoms with Crippen molar-refractivity contribution in [2.45, 2.75) is 20.8 Å². The number of nitrogens with zero attached hydrogens (tertiary/aromatic N) is 1. The van der Waals surface area contributed by atoms with E-state index in [0.717, 1.165) is 0 Å². The number of esters is 1. The van der Waals surface area contributed by atoms with Crippen LogP contribution < -0.4 is 15.0 Å². The molecular formula is C20H20N2O4. The van der Waals surface area contributed by atoms with E-state index in [4.69, 9.17) is 9.47 Å². The maximum atomic E-state index is 12.3. The van der Waals surface area contributed by atoms with Crippen LogP contribution in [0.15, 0.2) is 47.3 Å². The third-order valence-electron chi connectivity index (χ3n) is 3.81. The molecule has 1 aromatic heterocycles. The number of H-pyrrole nitrogens is 1. The number of aromatic nitrogens is 2. The molecule has 1 heterocycles. The molecule has 0 fully saturated rings. The highest BCUT2D eigenvalue weighted by molar-refractivity contribution is 5.80. The number of para-hydroxylation sites is 1. The van der Waals surface area contributed by atoms with E-state index < -0.39 is 0 Å². The van der Waals surface area contributed by atoms with Crippen molar-refractivity contribution in [3.8, 4) is 22.9 Å². The highest BCUT2D eigenvalue weighted by Gasteiger charge is 2.15. The largest absolute Gasteiger partial charge is 0.490 e. The number of aromatic amines is 1. The van der Waals surface area contributed by atoms with Crippen LogP contribution in [0.25, 0.3) is 22.3 Å². The number of ether oxygens (including phenoxy) is 2. The van der Waals surface area contributed by atoms with Crippen LogP contribution in [0.2, 0.25) is 0 Å². The van der Waals surface area contributed by atoms with Gasteiger partial charge in [-0.2, -0.15) is 0 Å². The fraction of sp³-hybridized carbons (Fsp3) is 0.250. The molecule has 3 rings (SSSR count). The summed E-state index contributed by atoms with van der Waals surface area (Å²) in [4.78, 5) is 31.4. The van der Waals surface area contributed by atoms with Crippen molar-refractivity contribution in [3.63, 3.8) is 0 Å². The van der Waals surface area contributed by atoms with Crippen LogP contribution in [-0.2, 0) is 4.79 Å². The van der Waals surface area contributed by atoms with Crippen LogP contribution in [0.3, 0.4) is 0 Å². The van der Waals surface area contributed by atoms with Crippen molar-refractivity contribution in [1.82, 2.24) is 9.97 Å². The minimum Gasteiger partial charge on any atom is -0.490 e. The fourth-order valence-corrected chi connectivity index (χ4v) is 2.46. The summed E-state index contributed by atoms with van der Waals surface area (Å²) >= 11 is 0. The monoisotopic (exact) mass is 352 g/mol. The minimum atomic E-state index is -0.337. The molecule has 0 radical (unpaired) electrons. The summed E-state index contributed by atoms with van der Waals surface area (Å²) in [7, 11) is 0. The van der Waals surface area contributed by atoms with Crippen LogP contribution >= 0.6 is 0 Å². The third-order valence-corrected chi connectivity index (χ3v) is 3.81. The second-order valence-electron chi connectivity index (χ2n) is 6.10. The topological polar surface area (TPSA) is 81.3 Å². The number of hydrogen-bond acceptors (Lipinski definition) is 5. The van der Waals surface area contributed by atoms with E-state index >= 15 is 0 Å². The highest BCUT2D eigenvalue weighted by atomic mass is 16.6. The summed E-state index contributed by atoms with van der Waals surface area (Å²) in [6, 6.07) is 12.2. The second kappa shape index (κ2) is 7.39. The van der Waals surface area contributed by atoms with Gasteiger partial charge in [0.25, 0.3) is 5.56 Å². The number of carbonyl (C=O) groups excluding carboxylic acids is 1. The van der Waals surface area contributed by atoms with Gasteiger partial charge in [-0.25, -0.2) is 4.98 Å². The molecule has 6 nitrogen and oxygen atoms in total. The van der Waals surface area contributed by atoms with E-state index in [1.807, 2.05) is 13.0 Å². The Kier molecular flexibility index (Phi) is 5.02. The number of hydrogen-bond donors (Lipinski definition) is 1. The lowest BCUT2D eigenvalue weighted by atomic mass is 10.1. The van der Waals surface area contributed by atoms with Crippen molar-refractivity contribution in [2.24, 2.45) is 5.92 Å². The first-order valence-electron chi connectivity index (χ1n) is 8.47. The van der Waals surface area contributed by atoms with Crippen molar-refractivity contribution in [1.29, 1.82) is 0 Å². The first kappa shape index (κ1) is 17.7. The molecule has 0 aliphatic heterocycles. The van der Waals surface area contributed by atoms with Gasteiger partial charge in [-0.05, 0) is 37.3 Å². The fourth-order valence-electron chi connectivity index (χ4n) is 2.46. The Morgan fingerprint density at radius 3 is 2.65 bits per heavy atom. The van der Waals surface area contributed by atoms with Crippen LogP contribution in [0.1, 0.15) is 20.8 Å². The molecule has 0 atom stereocenters. The maximum absolute atomic E-state index is 12.3. The number of fused-ring (bicyclic) bond motifs is 1. The van der Waals surface area contributed by atoms with Crippen LogP contribution in [0.4, 0.5) is 0 Å². The third kappa shape index (κ3) is 3.59. The van der Waals surface area contributed by atoms with Gasteiger partial charge in [0.1, 0.15) is 5.82 Å². The Morgan fingerprint density at radius 1 is 1.15 bits per heavy atom. The highest BCUT2D eigenvalue weighted by Crippen LogP contribution is 2.32. The summed E-state index contributed by atoms with van der Waals surface area (Å²) in [5.41, 5.74) is 1.07. The lowest BCUT2D eigenvalue weighted by molar-refractivity contribution is -0.137. The molecule has 26 heavy (non-hydrogen) atoms. The van der Waals surface area contributed by atoms with Crippen molar-refractivity contribution in [3.05, 3.63) is 52.8 Å². The second-order valence-corrected chi connectivity index (χ2v) is 6.10. The van der Waals surface area contributed by atoms with Gasteiger partial charge in [0.2, 0.25) is 0 Å². The summed E-state index contributed by atoms with van der Waals surface area (Å²) in [5, 5.41) is 0.531. The number of benzene rings is 2. The molecule has 0 amide bonds. The summed E-state index contributed by atoms with van der Waals surface area (Å²) < 4.78 is 11.0. The molecule has 0 bridgehead atoms. The molecule has 0 saturated heterocycles. The van der Waals surface area contributed by atoms with Gasteiger partial charge in [0.05, 0.1) is 23.4 Å². The molecule has 0 spiro atoms. The Hall–Kier alpha value is -3.15. The van der Waals surface area contributed by atoms with E-state index in [-0.39, 0.29) is 17.4 Å². The molecule has 2 aromatic carbocycles. The SMILES string of the molecule is CCOc1cc(-c2nc3ccccc3c(=O)[nH]2)ccc1OC(=O)C(C)C. The molecule has 3 aromatic rings. The zero-order valence-corrected chi connectivity index (χ0v) is 14.9. The molecule has 134 valence electrons. The van der Waals surface area contributed by atoms with Crippen LogP contribution in [-0.4, -0.2) is 22.5 Å². The smallest absolute Gasteiger partial charge is 0.313 e. The lowest BCUT2D eigenvalue weighted by Crippen LogP contribution is -2.15. The van der Waals surface area contributed by atoms with Crippen molar-refractivity contribution < 1.29 is 14.3 Å². The zero-order valence-electron chi connectivity index (χ0n) is 14.9. The van der Waals surface area contributed by atoms with Crippen molar-refractivity contribution in [2.75, 3.05) is 6.61 Å². The van der Waals surface area contributed by atoms with Gasteiger partial charge in [0.15, 0.2) is 11.5 Å². The molecule has 6 heteroatoms. The molecule has 0 saturated carbocycles. The average Bonchev–Trinajstić information content (AvgIpc) is 2.63. The maximum Gasteiger partial charge on any atom is 0.313 e. The number of nitrogens with one attached hydrogen (secondary N) is 1. The lowest BCUT2D eigenvalue weighted by Gasteiger charge is -2.13. The summed E-state index contributed by atoms with van der Waals surface area (Å²) in [6.07, 6.45) is 0. The Labute approximate surface area is 150 Å². The summed E-state index contributed by atoms with van der Waals surface area (Å²) in [5.74, 6) is 0.613. The van der Waals surface area contributed by atoms with Crippen LogP contribution in [0.5, 0.6) is 11.5 Å². The molecule has 0 aliphatic carbocycles. The van der Waals surface area contributed by atoms with Crippen molar-refractivity contribution >= 4 is 16.9 Å². The minimum absolute atomic E-state index is 0.209. The van der Waals surface area contributed by atoms with Gasteiger partial charge < -0.3 is 14.5 Å². The zero-order chi connectivity index (χ0) is 18.7. The molecule has 0 aliphatic rings. The van der Waals surface area contributed by atoms with E-state index in [0.29, 0.717) is 40.4 Å². The molecule has 0 unspecified atom stereocenters. The first-order chi connectivity index (χ1) is 12.5. The Balaban J connectivity index is 2.04. The Morgan fingerprint density at radius 2 is 1.92 bits per heavy atom. The number of rotatable bonds is 5. The first-order valence-corrected chi connectivity index (χ1v) is 8.47. The normalized spacial score (nSPS) is 10.9. The van der Waals surface area contributed by atoms with Gasteiger partial charge >= 0.3 is 5.97 Å². The molecular weight excluding hydrogens is 332 g/mol. The molecule has 1 N–H and O–H groups in total. The van der Waals surface area contributed by atoms with E-state index in [2.05, 4.69) is 9.97 Å². The van der Waals surface area contributed by atoms with Crippen LogP contribution in [0, 0.1) is 5.92 Å². The van der Waals surface area contributed by atoms with E-state index in [9.17, 15) is 9.59 Å². The van der Waals surface area contributed by atoms with Gasteiger partial charge in [0, 0.05) is 5.56 Å². The summed E-state index contributed by atoms with van der Waals surface area (Å²) in [6.45, 7) is 5.79.